The number of nitrogens with zero attached hydrogens (tertiary/aromatic N) is 1. The molecule has 148 valence electrons. The predicted molar refractivity (Wildman–Crippen MR) is 110 cm³/mol. The minimum Gasteiger partial charge on any atom is -0.468 e. The Labute approximate surface area is 170 Å². The van der Waals surface area contributed by atoms with Crippen molar-refractivity contribution in [3.63, 3.8) is 0 Å². The van der Waals surface area contributed by atoms with Gasteiger partial charge in [0, 0.05) is 11.3 Å². The van der Waals surface area contributed by atoms with Gasteiger partial charge in [0.25, 0.3) is 0 Å². The molecule has 0 fully saturated rings. The SMILES string of the molecule is C#Cc1cccc(NC(=O)CN(Cc2ccco2)S(=O)(=O)c2ccc(C)cc2)c1. The van der Waals surface area contributed by atoms with E-state index in [1.165, 1.54) is 18.4 Å². The minimum atomic E-state index is -3.91. The normalized spacial score (nSPS) is 11.2. The van der Waals surface area contributed by atoms with Gasteiger partial charge in [-0.25, -0.2) is 8.42 Å². The summed E-state index contributed by atoms with van der Waals surface area (Å²) in [5.41, 5.74) is 2.05. The second kappa shape index (κ2) is 8.78. The lowest BCUT2D eigenvalue weighted by Crippen LogP contribution is -2.37. The number of benzene rings is 2. The predicted octanol–water partition coefficient (Wildman–Crippen LogP) is 3.40. The third kappa shape index (κ3) is 5.13. The first-order valence-corrected chi connectivity index (χ1v) is 10.3. The first-order valence-electron chi connectivity index (χ1n) is 8.84. The van der Waals surface area contributed by atoms with Crippen LogP contribution < -0.4 is 5.32 Å². The van der Waals surface area contributed by atoms with Gasteiger partial charge < -0.3 is 9.73 Å². The Morgan fingerprint density at radius 3 is 2.55 bits per heavy atom. The number of aryl methyl sites for hydroxylation is 1. The summed E-state index contributed by atoms with van der Waals surface area (Å²) in [5, 5.41) is 2.69. The van der Waals surface area contributed by atoms with Crippen LogP contribution in [0.25, 0.3) is 0 Å². The molecule has 7 heteroatoms. The van der Waals surface area contributed by atoms with Gasteiger partial charge in [-0.05, 0) is 49.4 Å². The monoisotopic (exact) mass is 408 g/mol. The summed E-state index contributed by atoms with van der Waals surface area (Å²) in [5.74, 6) is 2.44. The highest BCUT2D eigenvalue weighted by Crippen LogP contribution is 2.20. The van der Waals surface area contributed by atoms with Crippen LogP contribution in [-0.2, 0) is 21.4 Å². The Morgan fingerprint density at radius 2 is 1.90 bits per heavy atom. The van der Waals surface area contributed by atoms with E-state index in [-0.39, 0.29) is 18.0 Å². The highest BCUT2D eigenvalue weighted by molar-refractivity contribution is 7.89. The molecule has 1 N–H and O–H groups in total. The third-order valence-corrected chi connectivity index (χ3v) is 6.01. The standard InChI is InChI=1S/C22H20N2O4S/c1-3-18-6-4-7-19(14-18)23-22(25)16-24(15-20-8-5-13-28-20)29(26,27)21-11-9-17(2)10-12-21/h1,4-14H,15-16H2,2H3,(H,23,25). The van der Waals surface area contributed by atoms with Crippen molar-refractivity contribution >= 4 is 21.6 Å². The summed E-state index contributed by atoms with van der Waals surface area (Å²) in [6.07, 6.45) is 6.83. The maximum atomic E-state index is 13.1. The first-order chi connectivity index (χ1) is 13.9. The number of terminal acetylenes is 1. The van der Waals surface area contributed by atoms with Gasteiger partial charge in [-0.2, -0.15) is 4.31 Å². The number of sulfonamides is 1. The van der Waals surface area contributed by atoms with Crippen molar-refractivity contribution in [2.24, 2.45) is 0 Å². The van der Waals surface area contributed by atoms with Crippen molar-refractivity contribution in [3.05, 3.63) is 83.8 Å². The molecule has 0 aliphatic heterocycles. The van der Waals surface area contributed by atoms with Crippen LogP contribution in [0.15, 0.2) is 76.2 Å². The summed E-state index contributed by atoms with van der Waals surface area (Å²) >= 11 is 0. The lowest BCUT2D eigenvalue weighted by atomic mass is 10.2. The van der Waals surface area contributed by atoms with Gasteiger partial charge in [0.1, 0.15) is 5.76 Å². The molecule has 1 heterocycles. The Balaban J connectivity index is 1.84. The van der Waals surface area contributed by atoms with Gasteiger partial charge in [0.15, 0.2) is 0 Å². The highest BCUT2D eigenvalue weighted by Gasteiger charge is 2.27. The fourth-order valence-corrected chi connectivity index (χ4v) is 4.07. The van der Waals surface area contributed by atoms with Crippen LogP contribution in [0.5, 0.6) is 0 Å². The molecule has 1 aromatic heterocycles. The minimum absolute atomic E-state index is 0.0684. The van der Waals surface area contributed by atoms with E-state index in [9.17, 15) is 13.2 Å². The van der Waals surface area contributed by atoms with E-state index in [4.69, 9.17) is 10.8 Å². The number of amides is 1. The Hall–Kier alpha value is -3.34. The zero-order chi connectivity index (χ0) is 20.9. The van der Waals surface area contributed by atoms with Crippen LogP contribution in [-0.4, -0.2) is 25.2 Å². The summed E-state index contributed by atoms with van der Waals surface area (Å²) < 4.78 is 32.6. The molecule has 1 amide bonds. The van der Waals surface area contributed by atoms with E-state index in [1.807, 2.05) is 6.92 Å². The van der Waals surface area contributed by atoms with Crippen LogP contribution >= 0.6 is 0 Å². The summed E-state index contributed by atoms with van der Waals surface area (Å²) in [4.78, 5) is 12.7. The molecule has 0 bridgehead atoms. The molecule has 2 aromatic carbocycles. The van der Waals surface area contributed by atoms with Gasteiger partial charge in [0.2, 0.25) is 15.9 Å². The van der Waals surface area contributed by atoms with Crippen LogP contribution in [0.1, 0.15) is 16.9 Å². The molecule has 0 saturated heterocycles. The quantitative estimate of drug-likeness (QED) is 0.608. The van der Waals surface area contributed by atoms with Crippen LogP contribution in [0.4, 0.5) is 5.69 Å². The van der Waals surface area contributed by atoms with Crippen molar-refractivity contribution in [3.8, 4) is 12.3 Å². The Morgan fingerprint density at radius 1 is 1.14 bits per heavy atom. The zero-order valence-corrected chi connectivity index (χ0v) is 16.6. The summed E-state index contributed by atoms with van der Waals surface area (Å²) in [6.45, 7) is 1.42. The highest BCUT2D eigenvalue weighted by atomic mass is 32.2. The van der Waals surface area contributed by atoms with Crippen molar-refractivity contribution in [1.29, 1.82) is 0 Å². The molecule has 3 aromatic rings. The van der Waals surface area contributed by atoms with E-state index in [2.05, 4.69) is 11.2 Å². The summed E-state index contributed by atoms with van der Waals surface area (Å²) in [7, 11) is -3.91. The van der Waals surface area contributed by atoms with Crippen molar-refractivity contribution in [2.75, 3.05) is 11.9 Å². The van der Waals surface area contributed by atoms with Gasteiger partial charge in [-0.15, -0.1) is 6.42 Å². The van der Waals surface area contributed by atoms with Gasteiger partial charge >= 0.3 is 0 Å². The average molecular weight is 408 g/mol. The molecule has 3 rings (SSSR count). The number of carbonyl (C=O) groups is 1. The molecule has 0 unspecified atom stereocenters. The lowest BCUT2D eigenvalue weighted by molar-refractivity contribution is -0.116. The van der Waals surface area contributed by atoms with Crippen molar-refractivity contribution in [1.82, 2.24) is 4.31 Å². The van der Waals surface area contributed by atoms with Crippen molar-refractivity contribution in [2.45, 2.75) is 18.4 Å². The second-order valence-corrected chi connectivity index (χ2v) is 8.38. The fourth-order valence-electron chi connectivity index (χ4n) is 2.71. The Bertz CT molecular complexity index is 1130. The largest absolute Gasteiger partial charge is 0.468 e. The van der Waals surface area contributed by atoms with E-state index in [0.29, 0.717) is 17.0 Å². The molecule has 0 spiro atoms. The van der Waals surface area contributed by atoms with Gasteiger partial charge in [-0.1, -0.05) is 29.7 Å². The molecular weight excluding hydrogens is 388 g/mol. The fraction of sp³-hybridized carbons (Fsp3) is 0.136. The number of furan rings is 1. The maximum absolute atomic E-state index is 13.1. The third-order valence-electron chi connectivity index (χ3n) is 4.20. The molecule has 0 saturated carbocycles. The lowest BCUT2D eigenvalue weighted by Gasteiger charge is -2.21. The smallest absolute Gasteiger partial charge is 0.243 e. The van der Waals surface area contributed by atoms with E-state index in [0.717, 1.165) is 9.87 Å². The van der Waals surface area contributed by atoms with Crippen LogP contribution in [0.2, 0.25) is 0 Å². The molecule has 29 heavy (non-hydrogen) atoms. The van der Waals surface area contributed by atoms with Crippen LogP contribution in [0, 0.1) is 19.3 Å². The molecular formula is C22H20N2O4S. The number of carbonyl (C=O) groups excluding carboxylic acids is 1. The van der Waals surface area contributed by atoms with Gasteiger partial charge in [-0.3, -0.25) is 4.79 Å². The van der Waals surface area contributed by atoms with Gasteiger partial charge in [0.05, 0.1) is 24.2 Å². The number of hydrogen-bond donors (Lipinski definition) is 1. The summed E-state index contributed by atoms with van der Waals surface area (Å²) in [6, 6.07) is 16.6. The maximum Gasteiger partial charge on any atom is 0.243 e. The topological polar surface area (TPSA) is 79.6 Å². The van der Waals surface area contributed by atoms with E-state index >= 15 is 0 Å². The molecule has 0 atom stereocenters. The number of anilines is 1. The molecule has 0 aliphatic carbocycles. The Kier molecular flexibility index (Phi) is 6.17. The van der Waals surface area contributed by atoms with Crippen LogP contribution in [0.3, 0.4) is 0 Å². The zero-order valence-electron chi connectivity index (χ0n) is 15.8. The number of rotatable bonds is 7. The molecule has 0 aliphatic rings. The average Bonchev–Trinajstić information content (AvgIpc) is 3.21. The van der Waals surface area contributed by atoms with E-state index < -0.39 is 15.9 Å². The number of hydrogen-bond acceptors (Lipinski definition) is 4. The number of nitrogens with one attached hydrogen (secondary N) is 1. The first kappa shape index (κ1) is 20.4. The second-order valence-electron chi connectivity index (χ2n) is 6.44. The van der Waals surface area contributed by atoms with Crippen molar-refractivity contribution < 1.29 is 17.6 Å². The molecule has 6 nitrogen and oxygen atoms in total. The van der Waals surface area contributed by atoms with E-state index in [1.54, 1.807) is 48.5 Å². The molecule has 0 radical (unpaired) electrons.